The molecule has 2 aromatic rings. The van der Waals surface area contributed by atoms with Gasteiger partial charge in [-0.1, -0.05) is 60.7 Å². The van der Waals surface area contributed by atoms with Crippen LogP contribution < -0.4 is 0 Å². The average molecular weight is 447 g/mol. The molecule has 8 heteroatoms. The number of piperazine rings is 1. The maximum absolute atomic E-state index is 13.4. The monoisotopic (exact) mass is 447 g/mol. The van der Waals surface area contributed by atoms with Crippen LogP contribution in [0.25, 0.3) is 0 Å². The smallest absolute Gasteiger partial charge is 0.336 e. The zero-order chi connectivity index (χ0) is 23.1. The van der Waals surface area contributed by atoms with Gasteiger partial charge in [0.2, 0.25) is 0 Å². The van der Waals surface area contributed by atoms with Gasteiger partial charge in [-0.3, -0.25) is 9.69 Å². The summed E-state index contributed by atoms with van der Waals surface area (Å²) in [5.41, 5.74) is 1.78. The third-order valence-electron chi connectivity index (χ3n) is 6.57. The Balaban J connectivity index is 1.57. The van der Waals surface area contributed by atoms with E-state index in [1.54, 1.807) is 4.90 Å². The van der Waals surface area contributed by atoms with Crippen LogP contribution in [0.15, 0.2) is 83.9 Å². The van der Waals surface area contributed by atoms with Gasteiger partial charge in [0.05, 0.1) is 18.2 Å². The molecule has 2 aromatic carbocycles. The second kappa shape index (κ2) is 8.38. The minimum atomic E-state index is -1.73. The first-order valence-electron chi connectivity index (χ1n) is 11.0. The van der Waals surface area contributed by atoms with E-state index in [4.69, 9.17) is 0 Å². The van der Waals surface area contributed by atoms with Crippen molar-refractivity contribution < 1.29 is 24.9 Å². The van der Waals surface area contributed by atoms with Crippen molar-refractivity contribution in [1.29, 1.82) is 0 Å². The van der Waals surface area contributed by atoms with Gasteiger partial charge >= 0.3 is 5.97 Å². The zero-order valence-corrected chi connectivity index (χ0v) is 17.9. The Morgan fingerprint density at radius 2 is 1.58 bits per heavy atom. The second-order valence-corrected chi connectivity index (χ2v) is 8.47. The van der Waals surface area contributed by atoms with Gasteiger partial charge in [0.1, 0.15) is 18.0 Å². The maximum atomic E-state index is 13.4. The van der Waals surface area contributed by atoms with E-state index in [0.717, 1.165) is 24.1 Å². The molecular formula is C25H25N3O5. The molecule has 3 aliphatic rings. The highest BCUT2D eigenvalue weighted by Crippen LogP contribution is 2.38. The summed E-state index contributed by atoms with van der Waals surface area (Å²) >= 11 is 0. The Kier molecular flexibility index (Phi) is 5.39. The molecule has 0 aliphatic carbocycles. The molecule has 8 nitrogen and oxygen atoms in total. The number of fused-ring (bicyclic) bond motifs is 2. The van der Waals surface area contributed by atoms with Crippen LogP contribution >= 0.6 is 0 Å². The Morgan fingerprint density at radius 3 is 2.15 bits per heavy atom. The van der Waals surface area contributed by atoms with Gasteiger partial charge in [0.25, 0.3) is 5.91 Å². The van der Waals surface area contributed by atoms with Crippen LogP contribution in [-0.4, -0.2) is 73.8 Å². The van der Waals surface area contributed by atoms with Crippen molar-refractivity contribution >= 4 is 11.9 Å². The number of hydrogen-bond donors (Lipinski definition) is 3. The summed E-state index contributed by atoms with van der Waals surface area (Å²) in [4.78, 5) is 30.5. The van der Waals surface area contributed by atoms with Crippen molar-refractivity contribution in [2.75, 3.05) is 19.6 Å². The standard InChI is InChI=1S/C25H25N3O5/c29-22-18(25(32)33)14-26-15-19-27(12-7-13-28(19)24(31)21(26)23(22)30)20(16-8-3-1-4-9-16)17-10-5-2-6-11-17/h1-6,8-11,14,19-20,22,29-30H,7,12-13,15H2,(H,32,33). The largest absolute Gasteiger partial charge is 0.507 e. The van der Waals surface area contributed by atoms with Crippen LogP contribution in [0.3, 0.4) is 0 Å². The van der Waals surface area contributed by atoms with Gasteiger partial charge in [0, 0.05) is 19.3 Å². The highest BCUT2D eigenvalue weighted by molar-refractivity contribution is 5.97. The number of rotatable bonds is 4. The second-order valence-electron chi connectivity index (χ2n) is 8.47. The van der Waals surface area contributed by atoms with Gasteiger partial charge in [0.15, 0.2) is 5.76 Å². The molecule has 2 unspecified atom stereocenters. The lowest BCUT2D eigenvalue weighted by Gasteiger charge is -2.52. The Labute approximate surface area is 191 Å². The fourth-order valence-corrected chi connectivity index (χ4v) is 5.08. The predicted octanol–water partition coefficient (Wildman–Crippen LogP) is 2.06. The molecule has 0 spiro atoms. The van der Waals surface area contributed by atoms with E-state index in [9.17, 15) is 24.9 Å². The molecule has 170 valence electrons. The molecule has 0 saturated carbocycles. The normalized spacial score (nSPS) is 23.3. The SMILES string of the molecule is O=C(O)C1=CN2CC3N(CCCN3C(c3ccccc3)c3ccccc3)C(=O)C2=C(O)C1O. The number of carboxylic acid groups (broad SMARTS) is 1. The first kappa shape index (κ1) is 21.2. The summed E-state index contributed by atoms with van der Waals surface area (Å²) < 4.78 is 0. The van der Waals surface area contributed by atoms with Crippen LogP contribution in [0.2, 0.25) is 0 Å². The molecule has 3 aliphatic heterocycles. The Morgan fingerprint density at radius 1 is 0.970 bits per heavy atom. The zero-order valence-electron chi connectivity index (χ0n) is 17.9. The number of aliphatic carboxylic acids is 1. The number of aliphatic hydroxyl groups excluding tert-OH is 2. The van der Waals surface area contributed by atoms with Crippen LogP contribution in [0.4, 0.5) is 0 Å². The first-order valence-corrected chi connectivity index (χ1v) is 11.0. The van der Waals surface area contributed by atoms with Gasteiger partial charge < -0.3 is 25.1 Å². The number of carboxylic acids is 1. The molecule has 2 fully saturated rings. The third kappa shape index (κ3) is 3.57. The first-order chi connectivity index (χ1) is 16.0. The fourth-order valence-electron chi connectivity index (χ4n) is 5.08. The summed E-state index contributed by atoms with van der Waals surface area (Å²) in [6, 6.07) is 20.1. The van der Waals surface area contributed by atoms with E-state index in [-0.39, 0.29) is 30.0 Å². The lowest BCUT2D eigenvalue weighted by atomic mass is 9.93. The molecule has 33 heavy (non-hydrogen) atoms. The predicted molar refractivity (Wildman–Crippen MR) is 120 cm³/mol. The Hall–Kier alpha value is -3.62. The minimum absolute atomic E-state index is 0.0541. The molecule has 0 radical (unpaired) electrons. The van der Waals surface area contributed by atoms with E-state index in [0.29, 0.717) is 6.54 Å². The van der Waals surface area contributed by atoms with Crippen LogP contribution in [0.5, 0.6) is 0 Å². The van der Waals surface area contributed by atoms with E-state index >= 15 is 0 Å². The quantitative estimate of drug-likeness (QED) is 0.659. The lowest BCUT2D eigenvalue weighted by Crippen LogP contribution is -2.65. The highest BCUT2D eigenvalue weighted by Gasteiger charge is 2.47. The topological polar surface area (TPSA) is 105 Å². The van der Waals surface area contributed by atoms with Gasteiger partial charge in [-0.2, -0.15) is 0 Å². The lowest BCUT2D eigenvalue weighted by molar-refractivity contribution is -0.147. The number of aliphatic hydroxyl groups is 2. The summed E-state index contributed by atoms with van der Waals surface area (Å²) in [6.45, 7) is 1.55. The molecular weight excluding hydrogens is 422 g/mol. The molecule has 5 rings (SSSR count). The molecule has 1 amide bonds. The van der Waals surface area contributed by atoms with Crippen molar-refractivity contribution in [1.82, 2.24) is 14.7 Å². The molecule has 2 atom stereocenters. The number of amides is 1. The van der Waals surface area contributed by atoms with E-state index in [2.05, 4.69) is 29.2 Å². The molecule has 0 aromatic heterocycles. The Bertz CT molecular complexity index is 1090. The fraction of sp³-hybridized carbons (Fsp3) is 0.280. The molecule has 2 saturated heterocycles. The third-order valence-corrected chi connectivity index (χ3v) is 6.57. The molecule has 3 N–H and O–H groups in total. The molecule has 0 bridgehead atoms. The average Bonchev–Trinajstić information content (AvgIpc) is 2.83. The molecule has 3 heterocycles. The van der Waals surface area contributed by atoms with Crippen molar-refractivity contribution in [3.05, 3.63) is 95.0 Å². The van der Waals surface area contributed by atoms with Gasteiger partial charge in [-0.25, -0.2) is 4.79 Å². The minimum Gasteiger partial charge on any atom is -0.507 e. The van der Waals surface area contributed by atoms with Crippen molar-refractivity contribution in [3.63, 3.8) is 0 Å². The number of hydrogen-bond acceptors (Lipinski definition) is 6. The van der Waals surface area contributed by atoms with Crippen molar-refractivity contribution in [2.24, 2.45) is 0 Å². The summed E-state index contributed by atoms with van der Waals surface area (Å²) in [7, 11) is 0. The number of nitrogens with zero attached hydrogens (tertiary/aromatic N) is 3. The number of carbonyl (C=O) groups excluding carboxylic acids is 1. The van der Waals surface area contributed by atoms with Crippen LogP contribution in [-0.2, 0) is 9.59 Å². The van der Waals surface area contributed by atoms with Crippen molar-refractivity contribution in [2.45, 2.75) is 24.7 Å². The van der Waals surface area contributed by atoms with Crippen LogP contribution in [0, 0.1) is 0 Å². The van der Waals surface area contributed by atoms with Crippen LogP contribution in [0.1, 0.15) is 23.6 Å². The number of carbonyl (C=O) groups is 2. The maximum Gasteiger partial charge on any atom is 0.336 e. The highest BCUT2D eigenvalue weighted by atomic mass is 16.4. The van der Waals surface area contributed by atoms with Crippen molar-refractivity contribution in [3.8, 4) is 0 Å². The van der Waals surface area contributed by atoms with E-state index in [1.165, 1.54) is 11.1 Å². The van der Waals surface area contributed by atoms with Gasteiger partial charge in [-0.15, -0.1) is 0 Å². The summed E-state index contributed by atoms with van der Waals surface area (Å²) in [5, 5.41) is 30.2. The van der Waals surface area contributed by atoms with E-state index in [1.807, 2.05) is 36.4 Å². The summed E-state index contributed by atoms with van der Waals surface area (Å²) in [5.74, 6) is -2.36. The number of benzene rings is 2. The van der Waals surface area contributed by atoms with E-state index < -0.39 is 23.7 Å². The summed E-state index contributed by atoms with van der Waals surface area (Å²) in [6.07, 6.45) is -0.0405. The van der Waals surface area contributed by atoms with Gasteiger partial charge in [-0.05, 0) is 17.5 Å².